The first-order valence-electron chi connectivity index (χ1n) is 6.39. The molecule has 0 spiro atoms. The van der Waals surface area contributed by atoms with E-state index in [9.17, 15) is 4.79 Å². The van der Waals surface area contributed by atoms with Gasteiger partial charge in [-0.1, -0.05) is 41.9 Å². The van der Waals surface area contributed by atoms with Crippen molar-refractivity contribution in [1.29, 1.82) is 0 Å². The van der Waals surface area contributed by atoms with Gasteiger partial charge >= 0.3 is 0 Å². The molecule has 0 unspecified atom stereocenters. The molecule has 20 heavy (non-hydrogen) atoms. The Kier molecular flexibility index (Phi) is 5.02. The second kappa shape index (κ2) is 6.96. The van der Waals surface area contributed by atoms with Crippen LogP contribution in [0.2, 0.25) is 5.02 Å². The molecule has 0 bridgehead atoms. The second-order valence-corrected chi connectivity index (χ2v) is 4.85. The molecule has 2 aromatic carbocycles. The normalized spacial score (nSPS) is 11.7. The highest BCUT2D eigenvalue weighted by atomic mass is 35.5. The van der Waals surface area contributed by atoms with Gasteiger partial charge in [-0.2, -0.15) is 0 Å². The van der Waals surface area contributed by atoms with Crippen molar-refractivity contribution in [1.82, 2.24) is 5.32 Å². The first kappa shape index (κ1) is 14.4. The Balaban J connectivity index is 1.83. The Morgan fingerprint density at radius 3 is 2.45 bits per heavy atom. The molecule has 0 radical (unpaired) electrons. The lowest BCUT2D eigenvalue weighted by molar-refractivity contribution is -0.127. The van der Waals surface area contributed by atoms with Gasteiger partial charge in [0.15, 0.2) is 6.10 Å². The molecule has 1 amide bonds. The third-order valence-electron chi connectivity index (χ3n) is 2.81. The van der Waals surface area contributed by atoms with Gasteiger partial charge in [0.1, 0.15) is 5.75 Å². The Bertz CT molecular complexity index is 554. The van der Waals surface area contributed by atoms with E-state index >= 15 is 0 Å². The molecule has 1 atom stereocenters. The molecule has 2 rings (SSSR count). The highest BCUT2D eigenvalue weighted by Gasteiger charge is 2.13. The summed E-state index contributed by atoms with van der Waals surface area (Å²) in [6.07, 6.45) is -0.537. The van der Waals surface area contributed by atoms with E-state index in [1.165, 1.54) is 0 Å². The summed E-state index contributed by atoms with van der Waals surface area (Å²) in [6, 6.07) is 16.6. The van der Waals surface area contributed by atoms with E-state index in [4.69, 9.17) is 16.3 Å². The Morgan fingerprint density at radius 2 is 1.80 bits per heavy atom. The van der Waals surface area contributed by atoms with E-state index in [0.717, 1.165) is 5.56 Å². The number of ether oxygens (including phenoxy) is 1. The van der Waals surface area contributed by atoms with Crippen LogP contribution in [0.25, 0.3) is 0 Å². The third kappa shape index (κ3) is 4.28. The summed E-state index contributed by atoms with van der Waals surface area (Å²) in [6.45, 7) is 2.18. The molecule has 0 aliphatic rings. The van der Waals surface area contributed by atoms with E-state index in [2.05, 4.69) is 5.32 Å². The van der Waals surface area contributed by atoms with Crippen molar-refractivity contribution in [3.05, 3.63) is 65.2 Å². The molecular weight excluding hydrogens is 274 g/mol. The van der Waals surface area contributed by atoms with E-state index in [1.807, 2.05) is 42.5 Å². The average Bonchev–Trinajstić information content (AvgIpc) is 2.47. The lowest BCUT2D eigenvalue weighted by Gasteiger charge is -2.14. The number of carbonyl (C=O) groups excluding carboxylic acids is 1. The van der Waals surface area contributed by atoms with Crippen LogP contribution in [0.1, 0.15) is 12.5 Å². The van der Waals surface area contributed by atoms with Crippen molar-refractivity contribution in [3.8, 4) is 5.75 Å². The number of hydrogen-bond acceptors (Lipinski definition) is 2. The predicted octanol–water partition coefficient (Wildman–Crippen LogP) is 3.42. The predicted molar refractivity (Wildman–Crippen MR) is 79.8 cm³/mol. The standard InChI is InChI=1S/C16H16ClNO2/c1-12(20-15-5-3-2-4-6-15)16(19)18-11-13-7-9-14(17)10-8-13/h2-10,12H,11H2,1H3,(H,18,19)/t12-/m0/s1. The fourth-order valence-corrected chi connectivity index (χ4v) is 1.82. The van der Waals surface area contributed by atoms with Gasteiger partial charge in [0.2, 0.25) is 0 Å². The SMILES string of the molecule is C[C@H](Oc1ccccc1)C(=O)NCc1ccc(Cl)cc1. The first-order chi connectivity index (χ1) is 9.65. The molecular formula is C16H16ClNO2. The highest BCUT2D eigenvalue weighted by molar-refractivity contribution is 6.30. The molecule has 0 heterocycles. The molecule has 104 valence electrons. The molecule has 0 aliphatic heterocycles. The number of rotatable bonds is 5. The molecule has 3 nitrogen and oxygen atoms in total. The number of amides is 1. The summed E-state index contributed by atoms with van der Waals surface area (Å²) in [5.41, 5.74) is 0.995. The quantitative estimate of drug-likeness (QED) is 0.916. The zero-order chi connectivity index (χ0) is 14.4. The molecule has 1 N–H and O–H groups in total. The van der Waals surface area contributed by atoms with Crippen LogP contribution >= 0.6 is 11.6 Å². The molecule has 2 aromatic rings. The van der Waals surface area contributed by atoms with Crippen LogP contribution in [0.4, 0.5) is 0 Å². The van der Waals surface area contributed by atoms with Gasteiger partial charge in [-0.25, -0.2) is 0 Å². The first-order valence-corrected chi connectivity index (χ1v) is 6.77. The summed E-state index contributed by atoms with van der Waals surface area (Å²) in [5.74, 6) is 0.533. The lowest BCUT2D eigenvalue weighted by atomic mass is 10.2. The minimum absolute atomic E-state index is 0.149. The van der Waals surface area contributed by atoms with E-state index in [-0.39, 0.29) is 5.91 Å². The molecule has 0 saturated carbocycles. The fraction of sp³-hybridized carbons (Fsp3) is 0.188. The van der Waals surface area contributed by atoms with Gasteiger partial charge < -0.3 is 10.1 Å². The van der Waals surface area contributed by atoms with Crippen molar-refractivity contribution < 1.29 is 9.53 Å². The Hall–Kier alpha value is -2.00. The number of halogens is 1. The summed E-state index contributed by atoms with van der Waals surface area (Å²) in [5, 5.41) is 3.51. The van der Waals surface area contributed by atoms with Crippen LogP contribution in [-0.4, -0.2) is 12.0 Å². The van der Waals surface area contributed by atoms with E-state index in [1.54, 1.807) is 19.1 Å². The second-order valence-electron chi connectivity index (χ2n) is 4.42. The van der Waals surface area contributed by atoms with Crippen molar-refractivity contribution in [3.63, 3.8) is 0 Å². The maximum atomic E-state index is 11.9. The van der Waals surface area contributed by atoms with Crippen LogP contribution in [0.3, 0.4) is 0 Å². The zero-order valence-corrected chi connectivity index (χ0v) is 11.9. The number of nitrogens with one attached hydrogen (secondary N) is 1. The molecule has 0 saturated heterocycles. The summed E-state index contributed by atoms with van der Waals surface area (Å²) >= 11 is 5.81. The van der Waals surface area contributed by atoms with Gasteiger partial charge in [-0.05, 0) is 36.8 Å². The lowest BCUT2D eigenvalue weighted by Crippen LogP contribution is -2.35. The number of benzene rings is 2. The van der Waals surface area contributed by atoms with Gasteiger partial charge in [0.05, 0.1) is 0 Å². The maximum absolute atomic E-state index is 11.9. The summed E-state index contributed by atoms with van der Waals surface area (Å²) in [4.78, 5) is 11.9. The zero-order valence-electron chi connectivity index (χ0n) is 11.2. The van der Waals surface area contributed by atoms with Gasteiger partial charge in [0, 0.05) is 11.6 Å². The van der Waals surface area contributed by atoms with Crippen LogP contribution in [-0.2, 0) is 11.3 Å². The molecule has 4 heteroatoms. The monoisotopic (exact) mass is 289 g/mol. The number of carbonyl (C=O) groups is 1. The van der Waals surface area contributed by atoms with Crippen molar-refractivity contribution in [2.75, 3.05) is 0 Å². The van der Waals surface area contributed by atoms with Gasteiger partial charge in [0.25, 0.3) is 5.91 Å². The topological polar surface area (TPSA) is 38.3 Å². The Labute approximate surface area is 123 Å². The summed E-state index contributed by atoms with van der Waals surface area (Å²) < 4.78 is 5.55. The van der Waals surface area contributed by atoms with Gasteiger partial charge in [-0.15, -0.1) is 0 Å². The van der Waals surface area contributed by atoms with Crippen LogP contribution in [0.15, 0.2) is 54.6 Å². The minimum Gasteiger partial charge on any atom is -0.481 e. The molecule has 0 aliphatic carbocycles. The number of para-hydroxylation sites is 1. The van der Waals surface area contributed by atoms with E-state index < -0.39 is 6.10 Å². The van der Waals surface area contributed by atoms with Gasteiger partial charge in [-0.3, -0.25) is 4.79 Å². The maximum Gasteiger partial charge on any atom is 0.261 e. The van der Waals surface area contributed by atoms with Crippen LogP contribution in [0, 0.1) is 0 Å². The minimum atomic E-state index is -0.537. The fourth-order valence-electron chi connectivity index (χ4n) is 1.69. The smallest absolute Gasteiger partial charge is 0.261 e. The molecule has 0 aromatic heterocycles. The summed E-state index contributed by atoms with van der Waals surface area (Å²) in [7, 11) is 0. The van der Waals surface area contributed by atoms with Crippen molar-refractivity contribution in [2.24, 2.45) is 0 Å². The average molecular weight is 290 g/mol. The van der Waals surface area contributed by atoms with Crippen LogP contribution < -0.4 is 10.1 Å². The van der Waals surface area contributed by atoms with Crippen molar-refractivity contribution >= 4 is 17.5 Å². The Morgan fingerprint density at radius 1 is 1.15 bits per heavy atom. The van der Waals surface area contributed by atoms with Crippen LogP contribution in [0.5, 0.6) is 5.75 Å². The van der Waals surface area contributed by atoms with E-state index in [0.29, 0.717) is 17.3 Å². The number of hydrogen-bond donors (Lipinski definition) is 1. The third-order valence-corrected chi connectivity index (χ3v) is 3.06. The molecule has 0 fully saturated rings. The highest BCUT2D eigenvalue weighted by Crippen LogP contribution is 2.11. The largest absolute Gasteiger partial charge is 0.481 e. The van der Waals surface area contributed by atoms with Crippen molar-refractivity contribution in [2.45, 2.75) is 19.6 Å².